The van der Waals surface area contributed by atoms with Crippen LogP contribution in [0, 0.1) is 0 Å². The summed E-state index contributed by atoms with van der Waals surface area (Å²) in [4.78, 5) is 16.9. The van der Waals surface area contributed by atoms with Crippen LogP contribution in [0.25, 0.3) is 0 Å². The first-order valence-electron chi connectivity index (χ1n) is 6.44. The van der Waals surface area contributed by atoms with Crippen LogP contribution in [0.3, 0.4) is 0 Å². The number of hydrogen-bond acceptors (Lipinski definition) is 3. The lowest BCUT2D eigenvalue weighted by atomic mass is 10.1. The molecule has 1 N–H and O–H groups in total. The average molecular weight is 225 g/mol. The first-order chi connectivity index (χ1) is 7.77. The molecule has 3 heteroatoms. The van der Waals surface area contributed by atoms with Crippen molar-refractivity contribution in [1.29, 1.82) is 0 Å². The third kappa shape index (κ3) is 4.35. The fraction of sp³-hybridized carbons (Fsp3) is 0.769. The molecule has 0 aromatic heterocycles. The van der Waals surface area contributed by atoms with Crippen molar-refractivity contribution in [3.05, 3.63) is 11.8 Å². The monoisotopic (exact) mass is 225 g/mol. The van der Waals surface area contributed by atoms with Crippen molar-refractivity contribution in [1.82, 2.24) is 5.48 Å². The topological polar surface area (TPSA) is 38.3 Å². The van der Waals surface area contributed by atoms with Crippen molar-refractivity contribution in [3.63, 3.8) is 0 Å². The maximum Gasteiger partial charge on any atom is 0.180 e. The van der Waals surface area contributed by atoms with E-state index < -0.39 is 0 Å². The minimum atomic E-state index is 0.0904. The third-order valence-corrected chi connectivity index (χ3v) is 2.79. The number of allylic oxidation sites excluding steroid dienone is 1. The van der Waals surface area contributed by atoms with Gasteiger partial charge in [-0.1, -0.05) is 39.5 Å². The molecule has 1 heterocycles. The van der Waals surface area contributed by atoms with Crippen LogP contribution in [0.5, 0.6) is 0 Å². The molecule has 92 valence electrons. The maximum atomic E-state index is 11.6. The lowest BCUT2D eigenvalue weighted by Crippen LogP contribution is -2.16. The Morgan fingerprint density at radius 2 is 2.12 bits per heavy atom. The molecule has 0 amide bonds. The Bertz CT molecular complexity index is 248. The summed E-state index contributed by atoms with van der Waals surface area (Å²) in [5.41, 5.74) is 3.40. The fourth-order valence-electron chi connectivity index (χ4n) is 1.82. The molecule has 0 aromatic rings. The Hall–Kier alpha value is -0.830. The highest BCUT2D eigenvalue weighted by Crippen LogP contribution is 2.16. The number of Topliss-reactive ketones (excluding diaryl/α,β-unsaturated/α-hetero) is 1. The van der Waals surface area contributed by atoms with Gasteiger partial charge in [-0.2, -0.15) is 0 Å². The summed E-state index contributed by atoms with van der Waals surface area (Å²) in [6.45, 7) is 4.21. The Labute approximate surface area is 98.2 Å². The number of hydroxylamine groups is 1. The highest BCUT2D eigenvalue weighted by atomic mass is 16.7. The predicted octanol–water partition coefficient (Wildman–Crippen LogP) is 3.11. The van der Waals surface area contributed by atoms with Gasteiger partial charge < -0.3 is 0 Å². The Morgan fingerprint density at radius 3 is 2.81 bits per heavy atom. The zero-order valence-corrected chi connectivity index (χ0v) is 10.4. The highest BCUT2D eigenvalue weighted by molar-refractivity contribution is 5.94. The second kappa shape index (κ2) is 7.44. The number of unbranched alkanes of at least 4 members (excludes halogenated alkanes) is 3. The molecule has 0 saturated carbocycles. The summed E-state index contributed by atoms with van der Waals surface area (Å²) in [6.07, 6.45) is 9.48. The molecule has 0 aromatic carbocycles. The van der Waals surface area contributed by atoms with Gasteiger partial charge >= 0.3 is 0 Å². The summed E-state index contributed by atoms with van der Waals surface area (Å²) < 4.78 is 0. The summed E-state index contributed by atoms with van der Waals surface area (Å²) in [6, 6.07) is 0. The molecule has 1 aliphatic heterocycles. The van der Waals surface area contributed by atoms with Crippen molar-refractivity contribution < 1.29 is 9.63 Å². The molecular weight excluding hydrogens is 202 g/mol. The van der Waals surface area contributed by atoms with E-state index in [1.807, 2.05) is 13.0 Å². The van der Waals surface area contributed by atoms with E-state index in [9.17, 15) is 4.79 Å². The first-order valence-corrected chi connectivity index (χ1v) is 6.44. The molecule has 1 unspecified atom stereocenters. The normalized spacial score (nSPS) is 19.4. The van der Waals surface area contributed by atoms with Crippen LogP contribution in [0.4, 0.5) is 0 Å². The molecule has 0 aliphatic carbocycles. The molecule has 0 saturated heterocycles. The van der Waals surface area contributed by atoms with Crippen LogP contribution in [-0.4, -0.2) is 11.9 Å². The Balaban J connectivity index is 2.23. The summed E-state index contributed by atoms with van der Waals surface area (Å²) in [5.74, 6) is 0.165. The van der Waals surface area contributed by atoms with Gasteiger partial charge in [0, 0.05) is 6.42 Å². The van der Waals surface area contributed by atoms with E-state index in [2.05, 4.69) is 12.4 Å². The van der Waals surface area contributed by atoms with E-state index in [1.165, 1.54) is 25.7 Å². The lowest BCUT2D eigenvalue weighted by molar-refractivity contribution is -0.117. The van der Waals surface area contributed by atoms with Gasteiger partial charge in [-0.15, -0.1) is 0 Å². The van der Waals surface area contributed by atoms with Crippen molar-refractivity contribution in [3.8, 4) is 0 Å². The summed E-state index contributed by atoms with van der Waals surface area (Å²) in [7, 11) is 0. The number of carbonyl (C=O) groups excluding carboxylic acids is 1. The quantitative estimate of drug-likeness (QED) is 0.645. The molecule has 1 atom stereocenters. The largest absolute Gasteiger partial charge is 0.292 e. The zero-order valence-electron chi connectivity index (χ0n) is 10.4. The smallest absolute Gasteiger partial charge is 0.180 e. The summed E-state index contributed by atoms with van der Waals surface area (Å²) in [5, 5.41) is 0. The molecule has 0 bridgehead atoms. The molecular formula is C13H23NO2. The number of carbonyl (C=O) groups is 1. The van der Waals surface area contributed by atoms with Gasteiger partial charge in [0.2, 0.25) is 0 Å². The minimum Gasteiger partial charge on any atom is -0.292 e. The standard InChI is InChI=1S/C13H23NO2/c1-3-5-6-7-9-11-10-12(14-16-11)13(15)8-4-2/h10-11,14H,3-9H2,1-2H3. The maximum absolute atomic E-state index is 11.6. The van der Waals surface area contributed by atoms with Crippen LogP contribution in [0.15, 0.2) is 11.8 Å². The number of nitrogens with one attached hydrogen (secondary N) is 1. The van der Waals surface area contributed by atoms with Gasteiger partial charge in [0.1, 0.15) is 11.8 Å². The molecule has 0 fully saturated rings. The number of hydrogen-bond donors (Lipinski definition) is 1. The van der Waals surface area contributed by atoms with Gasteiger partial charge in [-0.05, 0) is 18.9 Å². The molecule has 0 spiro atoms. The van der Waals surface area contributed by atoms with E-state index in [4.69, 9.17) is 4.84 Å². The van der Waals surface area contributed by atoms with E-state index in [0.717, 1.165) is 12.8 Å². The van der Waals surface area contributed by atoms with Crippen molar-refractivity contribution in [2.24, 2.45) is 0 Å². The minimum absolute atomic E-state index is 0.0904. The molecule has 0 radical (unpaired) electrons. The van der Waals surface area contributed by atoms with E-state index in [-0.39, 0.29) is 11.9 Å². The molecule has 1 aliphatic rings. The van der Waals surface area contributed by atoms with E-state index in [0.29, 0.717) is 12.1 Å². The average Bonchev–Trinajstić information content (AvgIpc) is 2.73. The van der Waals surface area contributed by atoms with Crippen molar-refractivity contribution in [2.75, 3.05) is 0 Å². The Morgan fingerprint density at radius 1 is 1.31 bits per heavy atom. The zero-order chi connectivity index (χ0) is 11.8. The van der Waals surface area contributed by atoms with Crippen LogP contribution in [-0.2, 0) is 9.63 Å². The van der Waals surface area contributed by atoms with Gasteiger partial charge in [-0.3, -0.25) is 15.1 Å². The number of rotatable bonds is 8. The first kappa shape index (κ1) is 13.2. The molecule has 1 rings (SSSR count). The lowest BCUT2D eigenvalue weighted by Gasteiger charge is -2.06. The second-order valence-electron chi connectivity index (χ2n) is 4.36. The van der Waals surface area contributed by atoms with Gasteiger partial charge in [0.05, 0.1) is 0 Å². The Kier molecular flexibility index (Phi) is 6.16. The van der Waals surface area contributed by atoms with Gasteiger partial charge in [0.15, 0.2) is 5.78 Å². The molecule has 3 nitrogen and oxygen atoms in total. The van der Waals surface area contributed by atoms with Crippen LogP contribution in [0.2, 0.25) is 0 Å². The van der Waals surface area contributed by atoms with Gasteiger partial charge in [0.25, 0.3) is 0 Å². The highest BCUT2D eigenvalue weighted by Gasteiger charge is 2.19. The van der Waals surface area contributed by atoms with Crippen molar-refractivity contribution >= 4 is 5.78 Å². The summed E-state index contributed by atoms with van der Waals surface area (Å²) >= 11 is 0. The number of ketones is 1. The fourth-order valence-corrected chi connectivity index (χ4v) is 1.82. The second-order valence-corrected chi connectivity index (χ2v) is 4.36. The molecule has 16 heavy (non-hydrogen) atoms. The SMILES string of the molecule is CCCCCCC1C=C(C(=O)CCC)NO1. The third-order valence-electron chi connectivity index (χ3n) is 2.79. The predicted molar refractivity (Wildman–Crippen MR) is 64.8 cm³/mol. The van der Waals surface area contributed by atoms with Crippen LogP contribution in [0.1, 0.15) is 58.8 Å². The van der Waals surface area contributed by atoms with E-state index in [1.54, 1.807) is 0 Å². The van der Waals surface area contributed by atoms with Gasteiger partial charge in [-0.25, -0.2) is 0 Å². The van der Waals surface area contributed by atoms with Crippen LogP contribution < -0.4 is 5.48 Å². The van der Waals surface area contributed by atoms with Crippen molar-refractivity contribution in [2.45, 2.75) is 64.9 Å². The van der Waals surface area contributed by atoms with Crippen LogP contribution >= 0.6 is 0 Å². The van der Waals surface area contributed by atoms with E-state index >= 15 is 0 Å².